The van der Waals surface area contributed by atoms with E-state index in [4.69, 9.17) is 9.47 Å². The largest absolute Gasteiger partial charge is 0.480 e. The molecule has 0 saturated carbocycles. The summed E-state index contributed by atoms with van der Waals surface area (Å²) in [4.78, 5) is 39.8. The third kappa shape index (κ3) is 4.87. The van der Waals surface area contributed by atoms with E-state index in [1.165, 1.54) is 4.90 Å². The molecule has 1 amide bonds. The lowest BCUT2D eigenvalue weighted by molar-refractivity contribution is -0.177. The maximum absolute atomic E-state index is 13.0. The van der Waals surface area contributed by atoms with Gasteiger partial charge in [-0.2, -0.15) is 0 Å². The number of esters is 1. The molecular weight excluding hydrogens is 398 g/mol. The summed E-state index contributed by atoms with van der Waals surface area (Å²) in [5.41, 5.74) is -0.205. The Morgan fingerprint density at radius 3 is 2.19 bits per heavy atom. The van der Waals surface area contributed by atoms with Gasteiger partial charge in [-0.05, 0) is 37.3 Å². The molecule has 0 radical (unpaired) electrons. The summed E-state index contributed by atoms with van der Waals surface area (Å²) < 4.78 is 10.7. The molecule has 7 nitrogen and oxygen atoms in total. The second-order valence-electron chi connectivity index (χ2n) is 7.54. The van der Waals surface area contributed by atoms with Crippen molar-refractivity contribution < 1.29 is 29.0 Å². The second kappa shape index (κ2) is 10.1. The molecule has 31 heavy (non-hydrogen) atoms. The zero-order valence-electron chi connectivity index (χ0n) is 17.5. The Morgan fingerprint density at radius 2 is 1.61 bits per heavy atom. The number of piperidine rings is 1. The van der Waals surface area contributed by atoms with Gasteiger partial charge in [0.2, 0.25) is 0 Å². The van der Waals surface area contributed by atoms with Crippen LogP contribution in [-0.2, 0) is 32.1 Å². The van der Waals surface area contributed by atoms with Gasteiger partial charge in [-0.1, -0.05) is 60.7 Å². The number of aliphatic carboxylic acids is 1. The third-order valence-electron chi connectivity index (χ3n) is 5.65. The van der Waals surface area contributed by atoms with E-state index in [-0.39, 0.29) is 26.1 Å². The zero-order chi connectivity index (χ0) is 22.3. The lowest BCUT2D eigenvalue weighted by Gasteiger charge is -2.45. The number of nitrogens with zero attached hydrogens (tertiary/aromatic N) is 1. The molecule has 0 aromatic heterocycles. The topological polar surface area (TPSA) is 93.1 Å². The molecule has 1 aliphatic rings. The Balaban J connectivity index is 1.92. The van der Waals surface area contributed by atoms with E-state index in [1.807, 2.05) is 60.7 Å². The number of benzene rings is 2. The maximum atomic E-state index is 13.0. The molecule has 1 saturated heterocycles. The predicted octanol–water partition coefficient (Wildman–Crippen LogP) is 3.66. The highest BCUT2D eigenvalue weighted by Crippen LogP contribution is 2.40. The van der Waals surface area contributed by atoms with Crippen LogP contribution in [0.3, 0.4) is 0 Å². The van der Waals surface area contributed by atoms with Gasteiger partial charge in [0.1, 0.15) is 6.61 Å². The number of carbonyl (C=O) groups excluding carboxylic acids is 2. The molecule has 0 aliphatic carbocycles. The SMILES string of the molecule is CCOC(=O)C1(C(=O)O)CCCN(C(=O)OCc2ccccc2)C1Cc1ccccc1. The monoisotopic (exact) mass is 425 g/mol. The minimum Gasteiger partial charge on any atom is -0.480 e. The van der Waals surface area contributed by atoms with Crippen LogP contribution in [0, 0.1) is 5.41 Å². The number of likely N-dealkylation sites (tertiary alicyclic amines) is 1. The first kappa shape index (κ1) is 22.3. The van der Waals surface area contributed by atoms with Gasteiger partial charge in [0.05, 0.1) is 12.6 Å². The van der Waals surface area contributed by atoms with Crippen molar-refractivity contribution in [2.45, 2.75) is 38.8 Å². The number of hydrogen-bond donors (Lipinski definition) is 1. The van der Waals surface area contributed by atoms with Crippen molar-refractivity contribution in [2.75, 3.05) is 13.2 Å². The van der Waals surface area contributed by atoms with Crippen LogP contribution in [0.15, 0.2) is 60.7 Å². The van der Waals surface area contributed by atoms with Crippen molar-refractivity contribution in [3.8, 4) is 0 Å². The van der Waals surface area contributed by atoms with Gasteiger partial charge in [-0.25, -0.2) is 4.79 Å². The highest BCUT2D eigenvalue weighted by molar-refractivity contribution is 6.00. The molecule has 2 unspecified atom stereocenters. The molecule has 1 heterocycles. The average Bonchev–Trinajstić information content (AvgIpc) is 2.79. The lowest BCUT2D eigenvalue weighted by atomic mass is 9.70. The number of hydrogen-bond acceptors (Lipinski definition) is 5. The first-order valence-electron chi connectivity index (χ1n) is 10.4. The van der Waals surface area contributed by atoms with E-state index < -0.39 is 29.5 Å². The fourth-order valence-corrected chi connectivity index (χ4v) is 4.09. The van der Waals surface area contributed by atoms with Crippen molar-refractivity contribution in [3.05, 3.63) is 71.8 Å². The summed E-state index contributed by atoms with van der Waals surface area (Å²) in [6.07, 6.45) is 0.0177. The molecule has 0 spiro atoms. The number of ether oxygens (including phenoxy) is 2. The summed E-state index contributed by atoms with van der Waals surface area (Å²) in [6.45, 7) is 2.06. The molecule has 0 bridgehead atoms. The van der Waals surface area contributed by atoms with Gasteiger partial charge in [0.25, 0.3) is 0 Å². The molecule has 164 valence electrons. The molecule has 1 N–H and O–H groups in total. The quantitative estimate of drug-likeness (QED) is 0.538. The smallest absolute Gasteiger partial charge is 0.410 e. The normalized spacial score (nSPS) is 20.7. The summed E-state index contributed by atoms with van der Waals surface area (Å²) in [5.74, 6) is -2.10. The van der Waals surface area contributed by atoms with E-state index in [1.54, 1.807) is 6.92 Å². The Kier molecular flexibility index (Phi) is 7.28. The van der Waals surface area contributed by atoms with Crippen LogP contribution in [-0.4, -0.2) is 47.2 Å². The fraction of sp³-hybridized carbons (Fsp3) is 0.375. The minimum absolute atomic E-state index is 0.0599. The molecule has 2 aromatic carbocycles. The zero-order valence-corrected chi connectivity index (χ0v) is 17.5. The van der Waals surface area contributed by atoms with E-state index in [9.17, 15) is 19.5 Å². The lowest BCUT2D eigenvalue weighted by Crippen LogP contribution is -2.62. The summed E-state index contributed by atoms with van der Waals surface area (Å²) in [6, 6.07) is 17.5. The Morgan fingerprint density at radius 1 is 1.00 bits per heavy atom. The minimum atomic E-state index is -1.85. The van der Waals surface area contributed by atoms with E-state index in [2.05, 4.69) is 0 Å². The highest BCUT2D eigenvalue weighted by atomic mass is 16.6. The van der Waals surface area contributed by atoms with Gasteiger partial charge >= 0.3 is 18.0 Å². The second-order valence-corrected chi connectivity index (χ2v) is 7.54. The molecular formula is C24H27NO6. The molecule has 7 heteroatoms. The number of amides is 1. The van der Waals surface area contributed by atoms with Crippen LogP contribution < -0.4 is 0 Å². The molecule has 2 atom stereocenters. The van der Waals surface area contributed by atoms with E-state index >= 15 is 0 Å². The first-order valence-corrected chi connectivity index (χ1v) is 10.4. The molecule has 1 fully saturated rings. The van der Waals surface area contributed by atoms with E-state index in [0.717, 1.165) is 11.1 Å². The van der Waals surface area contributed by atoms with Crippen molar-refractivity contribution in [1.82, 2.24) is 4.90 Å². The van der Waals surface area contributed by atoms with Crippen LogP contribution in [0.2, 0.25) is 0 Å². The van der Waals surface area contributed by atoms with E-state index in [0.29, 0.717) is 13.0 Å². The predicted molar refractivity (Wildman–Crippen MR) is 113 cm³/mol. The number of carboxylic acid groups (broad SMARTS) is 1. The highest BCUT2D eigenvalue weighted by Gasteiger charge is 2.58. The molecule has 1 aliphatic heterocycles. The van der Waals surface area contributed by atoms with Crippen molar-refractivity contribution in [2.24, 2.45) is 5.41 Å². The summed E-state index contributed by atoms with van der Waals surface area (Å²) >= 11 is 0. The molecule has 3 rings (SSSR count). The van der Waals surface area contributed by atoms with Gasteiger partial charge < -0.3 is 19.5 Å². The van der Waals surface area contributed by atoms with Crippen molar-refractivity contribution in [3.63, 3.8) is 0 Å². The van der Waals surface area contributed by atoms with Crippen molar-refractivity contribution in [1.29, 1.82) is 0 Å². The van der Waals surface area contributed by atoms with Gasteiger partial charge in [-0.3, -0.25) is 9.59 Å². The summed E-state index contributed by atoms with van der Waals surface area (Å²) in [5, 5.41) is 10.2. The number of rotatable bonds is 7. The number of carbonyl (C=O) groups is 3. The Hall–Kier alpha value is -3.35. The van der Waals surface area contributed by atoms with Crippen LogP contribution in [0.1, 0.15) is 30.9 Å². The third-order valence-corrected chi connectivity index (χ3v) is 5.65. The Labute approximate surface area is 181 Å². The van der Waals surface area contributed by atoms with Crippen LogP contribution >= 0.6 is 0 Å². The van der Waals surface area contributed by atoms with Gasteiger partial charge in [0, 0.05) is 6.54 Å². The fourth-order valence-electron chi connectivity index (χ4n) is 4.09. The van der Waals surface area contributed by atoms with Crippen LogP contribution in [0.5, 0.6) is 0 Å². The number of carboxylic acids is 1. The van der Waals surface area contributed by atoms with Crippen LogP contribution in [0.25, 0.3) is 0 Å². The summed E-state index contributed by atoms with van der Waals surface area (Å²) in [7, 11) is 0. The molecule has 2 aromatic rings. The van der Waals surface area contributed by atoms with Gasteiger partial charge in [-0.15, -0.1) is 0 Å². The Bertz CT molecular complexity index is 901. The maximum Gasteiger partial charge on any atom is 0.410 e. The van der Waals surface area contributed by atoms with Crippen LogP contribution in [0.4, 0.5) is 4.79 Å². The first-order chi connectivity index (χ1) is 15.0. The van der Waals surface area contributed by atoms with Gasteiger partial charge in [0.15, 0.2) is 5.41 Å². The average molecular weight is 425 g/mol. The standard InChI is InChI=1S/C24H27NO6/c1-2-30-22(28)24(21(26)27)14-9-15-25(20(24)16-18-10-5-3-6-11-18)23(29)31-17-19-12-7-4-8-13-19/h3-8,10-13,20H,2,9,14-17H2,1H3,(H,26,27). The van der Waals surface area contributed by atoms with Crippen molar-refractivity contribution >= 4 is 18.0 Å².